The Morgan fingerprint density at radius 3 is 2.36 bits per heavy atom. The van der Waals surface area contributed by atoms with Crippen molar-refractivity contribution in [2.24, 2.45) is 0 Å². The van der Waals surface area contributed by atoms with E-state index in [0.717, 1.165) is 6.42 Å². The van der Waals surface area contributed by atoms with Crippen LogP contribution in [0.4, 0.5) is 11.5 Å². The first-order valence-electron chi connectivity index (χ1n) is 10.9. The highest BCUT2D eigenvalue weighted by Crippen LogP contribution is 2.26. The van der Waals surface area contributed by atoms with Gasteiger partial charge in [0.15, 0.2) is 17.2 Å². The van der Waals surface area contributed by atoms with E-state index in [1.54, 1.807) is 30.3 Å². The predicted octanol–water partition coefficient (Wildman–Crippen LogP) is 3.44. The molecule has 2 heterocycles. The number of hydrogen-bond acceptors (Lipinski definition) is 6. The molecular formula is C24H28N4O5. The number of nitrogens with two attached hydrogens (primary N) is 1. The molecule has 2 aromatic heterocycles. The van der Waals surface area contributed by atoms with Gasteiger partial charge in [0, 0.05) is 24.2 Å². The number of H-pyrrole nitrogens is 1. The molecule has 3 N–H and O–H groups in total. The van der Waals surface area contributed by atoms with Crippen LogP contribution in [0.3, 0.4) is 0 Å². The van der Waals surface area contributed by atoms with Gasteiger partial charge in [-0.15, -0.1) is 0 Å². The van der Waals surface area contributed by atoms with Crippen LogP contribution in [0.2, 0.25) is 0 Å². The van der Waals surface area contributed by atoms with Gasteiger partial charge in [0.1, 0.15) is 11.6 Å². The lowest BCUT2D eigenvalue weighted by Crippen LogP contribution is -2.41. The molecule has 174 valence electrons. The summed E-state index contributed by atoms with van der Waals surface area (Å²) in [6.45, 7) is 5.87. The van der Waals surface area contributed by atoms with Crippen molar-refractivity contribution in [3.63, 3.8) is 0 Å². The van der Waals surface area contributed by atoms with Crippen LogP contribution in [0.25, 0.3) is 11.3 Å². The predicted molar refractivity (Wildman–Crippen MR) is 127 cm³/mol. The Labute approximate surface area is 190 Å². The third-order valence-electron chi connectivity index (χ3n) is 5.30. The summed E-state index contributed by atoms with van der Waals surface area (Å²) in [5, 5.41) is 0. The Balaban J connectivity index is 1.99. The Morgan fingerprint density at radius 2 is 1.76 bits per heavy atom. The van der Waals surface area contributed by atoms with E-state index in [9.17, 15) is 19.2 Å². The topological polar surface area (TPSA) is 131 Å². The van der Waals surface area contributed by atoms with Gasteiger partial charge in [-0.25, -0.2) is 4.79 Å². The standard InChI is InChI=1S/C24H28N4O5/c1-4-6-14-28-21(25)20(22(30)26-24(28)32)27(13-5-2)23(31)19-12-11-18(33-19)17-9-7-16(8-10-17)15(3)29/h7-12H,4-6,13-14,25H2,1-3H3,(H,26,30,32). The first kappa shape index (κ1) is 23.8. The molecule has 1 aromatic carbocycles. The zero-order chi connectivity index (χ0) is 24.1. The second-order valence-corrected chi connectivity index (χ2v) is 7.75. The van der Waals surface area contributed by atoms with Crippen LogP contribution in [0.5, 0.6) is 0 Å². The quantitative estimate of drug-likeness (QED) is 0.478. The van der Waals surface area contributed by atoms with E-state index in [0.29, 0.717) is 36.3 Å². The fourth-order valence-electron chi connectivity index (χ4n) is 3.53. The lowest BCUT2D eigenvalue weighted by atomic mass is 10.1. The first-order chi connectivity index (χ1) is 15.8. The van der Waals surface area contributed by atoms with E-state index in [1.165, 1.54) is 22.5 Å². The number of rotatable bonds is 9. The van der Waals surface area contributed by atoms with Crippen molar-refractivity contribution in [2.45, 2.75) is 46.6 Å². The molecule has 0 aliphatic carbocycles. The Hall–Kier alpha value is -3.88. The molecule has 0 radical (unpaired) electrons. The Morgan fingerprint density at radius 1 is 1.06 bits per heavy atom. The third-order valence-corrected chi connectivity index (χ3v) is 5.30. The van der Waals surface area contributed by atoms with Crippen molar-refractivity contribution in [1.29, 1.82) is 0 Å². The fourth-order valence-corrected chi connectivity index (χ4v) is 3.53. The molecule has 0 spiro atoms. The van der Waals surface area contributed by atoms with Crippen LogP contribution in [-0.4, -0.2) is 27.8 Å². The molecule has 1 amide bonds. The Kier molecular flexibility index (Phi) is 7.32. The number of nitrogen functional groups attached to an aromatic ring is 1. The average Bonchev–Trinajstić information content (AvgIpc) is 3.28. The molecule has 0 bridgehead atoms. The maximum absolute atomic E-state index is 13.3. The summed E-state index contributed by atoms with van der Waals surface area (Å²) in [5.74, 6) is -0.166. The van der Waals surface area contributed by atoms with Crippen LogP contribution in [0.1, 0.15) is 60.9 Å². The summed E-state index contributed by atoms with van der Waals surface area (Å²) in [6, 6.07) is 10.0. The summed E-state index contributed by atoms with van der Waals surface area (Å²) in [7, 11) is 0. The van der Waals surface area contributed by atoms with Crippen LogP contribution in [-0.2, 0) is 6.54 Å². The summed E-state index contributed by atoms with van der Waals surface area (Å²) in [6.07, 6.45) is 2.08. The number of carbonyl (C=O) groups is 2. The number of aromatic amines is 1. The number of ketones is 1. The number of nitrogens with zero attached hydrogens (tertiary/aromatic N) is 2. The molecular weight excluding hydrogens is 424 g/mol. The molecule has 0 unspecified atom stereocenters. The second-order valence-electron chi connectivity index (χ2n) is 7.75. The number of carbonyl (C=O) groups excluding carboxylic acids is 2. The van der Waals surface area contributed by atoms with Gasteiger partial charge in [-0.2, -0.15) is 0 Å². The number of aromatic nitrogens is 2. The highest BCUT2D eigenvalue weighted by Gasteiger charge is 2.27. The SMILES string of the molecule is CCCCn1c(N)c(N(CCC)C(=O)c2ccc(-c3ccc(C(C)=O)cc3)o2)c(=O)[nH]c1=O. The van der Waals surface area contributed by atoms with Gasteiger partial charge in [-0.05, 0) is 31.9 Å². The number of amides is 1. The molecule has 3 aromatic rings. The van der Waals surface area contributed by atoms with Crippen molar-refractivity contribution in [2.75, 3.05) is 17.2 Å². The maximum Gasteiger partial charge on any atom is 0.330 e. The molecule has 3 rings (SSSR count). The van der Waals surface area contributed by atoms with Crippen molar-refractivity contribution < 1.29 is 14.0 Å². The lowest BCUT2D eigenvalue weighted by molar-refractivity contribution is 0.0959. The molecule has 0 saturated heterocycles. The third kappa shape index (κ3) is 4.97. The van der Waals surface area contributed by atoms with Crippen molar-refractivity contribution in [3.8, 4) is 11.3 Å². The van der Waals surface area contributed by atoms with Crippen molar-refractivity contribution in [3.05, 3.63) is 68.6 Å². The molecule has 33 heavy (non-hydrogen) atoms. The highest BCUT2D eigenvalue weighted by molar-refractivity contribution is 6.05. The van der Waals surface area contributed by atoms with E-state index in [1.807, 2.05) is 13.8 Å². The second kappa shape index (κ2) is 10.2. The van der Waals surface area contributed by atoms with E-state index < -0.39 is 17.2 Å². The van der Waals surface area contributed by atoms with Gasteiger partial charge < -0.3 is 10.2 Å². The fraction of sp³-hybridized carbons (Fsp3) is 0.333. The van der Waals surface area contributed by atoms with Gasteiger partial charge in [-0.1, -0.05) is 44.5 Å². The van der Waals surface area contributed by atoms with E-state index in [4.69, 9.17) is 10.2 Å². The van der Waals surface area contributed by atoms with Gasteiger partial charge in [0.25, 0.3) is 11.5 Å². The normalized spacial score (nSPS) is 10.9. The van der Waals surface area contributed by atoms with Gasteiger partial charge in [0.05, 0.1) is 0 Å². The average molecular weight is 453 g/mol. The number of Topliss-reactive ketones (excluding diaryl/α,β-unsaturated/α-hetero) is 1. The highest BCUT2D eigenvalue weighted by atomic mass is 16.4. The van der Waals surface area contributed by atoms with Gasteiger partial charge in [0.2, 0.25) is 0 Å². The zero-order valence-electron chi connectivity index (χ0n) is 19.0. The number of benzene rings is 1. The maximum atomic E-state index is 13.3. The first-order valence-corrected chi connectivity index (χ1v) is 10.9. The largest absolute Gasteiger partial charge is 0.451 e. The number of unbranched alkanes of at least 4 members (excludes halogenated alkanes) is 1. The number of hydrogen-bond donors (Lipinski definition) is 2. The van der Waals surface area contributed by atoms with Crippen LogP contribution < -0.4 is 21.9 Å². The summed E-state index contributed by atoms with van der Waals surface area (Å²) >= 11 is 0. The van der Waals surface area contributed by atoms with Gasteiger partial charge >= 0.3 is 5.69 Å². The van der Waals surface area contributed by atoms with Gasteiger partial charge in [-0.3, -0.25) is 28.8 Å². The van der Waals surface area contributed by atoms with E-state index >= 15 is 0 Å². The minimum Gasteiger partial charge on any atom is -0.451 e. The minimum absolute atomic E-state index is 0.0270. The molecule has 9 nitrogen and oxygen atoms in total. The number of anilines is 2. The van der Waals surface area contributed by atoms with Crippen LogP contribution in [0.15, 0.2) is 50.4 Å². The van der Waals surface area contributed by atoms with E-state index in [-0.39, 0.29) is 29.6 Å². The van der Waals surface area contributed by atoms with Crippen molar-refractivity contribution >= 4 is 23.2 Å². The molecule has 0 aliphatic heterocycles. The molecule has 0 atom stereocenters. The molecule has 9 heteroatoms. The molecule has 0 saturated carbocycles. The number of nitrogens with one attached hydrogen (secondary N) is 1. The summed E-state index contributed by atoms with van der Waals surface area (Å²) in [5.41, 5.74) is 6.08. The van der Waals surface area contributed by atoms with Crippen molar-refractivity contribution in [1.82, 2.24) is 9.55 Å². The van der Waals surface area contributed by atoms with E-state index in [2.05, 4.69) is 4.98 Å². The molecule has 0 aliphatic rings. The monoisotopic (exact) mass is 452 g/mol. The smallest absolute Gasteiger partial charge is 0.330 e. The van der Waals surface area contributed by atoms with Crippen LogP contribution >= 0.6 is 0 Å². The zero-order valence-corrected chi connectivity index (χ0v) is 19.0. The number of furan rings is 1. The van der Waals surface area contributed by atoms with Crippen LogP contribution in [0, 0.1) is 0 Å². The Bertz CT molecular complexity index is 1270. The summed E-state index contributed by atoms with van der Waals surface area (Å²) < 4.78 is 7.06. The lowest BCUT2D eigenvalue weighted by Gasteiger charge is -2.23. The summed E-state index contributed by atoms with van der Waals surface area (Å²) in [4.78, 5) is 53.2. The minimum atomic E-state index is -0.723. The molecule has 0 fully saturated rings.